The summed E-state index contributed by atoms with van der Waals surface area (Å²) in [6.07, 6.45) is 1.80. The van der Waals surface area contributed by atoms with E-state index >= 15 is 0 Å². The average Bonchev–Trinajstić information content (AvgIpc) is 2.52. The van der Waals surface area contributed by atoms with Gasteiger partial charge >= 0.3 is 5.97 Å². The van der Waals surface area contributed by atoms with Crippen molar-refractivity contribution in [2.45, 2.75) is 18.8 Å². The van der Waals surface area contributed by atoms with Crippen molar-refractivity contribution in [1.82, 2.24) is 10.2 Å². The number of hydrogen-bond acceptors (Lipinski definition) is 3. The summed E-state index contributed by atoms with van der Waals surface area (Å²) in [6, 6.07) is 9.28. The van der Waals surface area contributed by atoms with E-state index < -0.39 is 11.9 Å². The first-order chi connectivity index (χ1) is 10.1. The van der Waals surface area contributed by atoms with Crippen LogP contribution in [0.1, 0.15) is 24.3 Å². The molecule has 0 radical (unpaired) electrons. The van der Waals surface area contributed by atoms with Crippen molar-refractivity contribution < 1.29 is 14.7 Å². The van der Waals surface area contributed by atoms with Gasteiger partial charge in [0.1, 0.15) is 0 Å². The Labute approximate surface area is 125 Å². The lowest BCUT2D eigenvalue weighted by Crippen LogP contribution is -2.44. The average molecular weight is 290 g/mol. The largest absolute Gasteiger partial charge is 0.481 e. The Bertz CT molecular complexity index is 490. The number of nitrogens with zero attached hydrogens (tertiary/aromatic N) is 1. The highest BCUT2D eigenvalue weighted by atomic mass is 16.4. The molecule has 1 fully saturated rings. The number of piperidine rings is 1. The minimum atomic E-state index is -0.816. The SMILES string of the molecule is CNC(=O)C1CCCN(CC(C(=O)O)c2ccccc2)C1. The van der Waals surface area contributed by atoms with Gasteiger partial charge in [-0.15, -0.1) is 0 Å². The van der Waals surface area contributed by atoms with Gasteiger partial charge < -0.3 is 15.3 Å². The molecule has 0 aromatic heterocycles. The Morgan fingerprint density at radius 2 is 2.10 bits per heavy atom. The van der Waals surface area contributed by atoms with Gasteiger partial charge in [0.2, 0.25) is 5.91 Å². The fraction of sp³-hybridized carbons (Fsp3) is 0.500. The molecule has 2 unspecified atom stereocenters. The molecule has 5 nitrogen and oxygen atoms in total. The molecule has 114 valence electrons. The van der Waals surface area contributed by atoms with Gasteiger partial charge in [0.25, 0.3) is 0 Å². The molecular weight excluding hydrogens is 268 g/mol. The zero-order valence-corrected chi connectivity index (χ0v) is 12.3. The van der Waals surface area contributed by atoms with Gasteiger partial charge in [0.15, 0.2) is 0 Å². The summed E-state index contributed by atoms with van der Waals surface area (Å²) < 4.78 is 0. The third kappa shape index (κ3) is 4.04. The van der Waals surface area contributed by atoms with Gasteiger partial charge in [-0.2, -0.15) is 0 Å². The Morgan fingerprint density at radius 1 is 1.38 bits per heavy atom. The van der Waals surface area contributed by atoms with Gasteiger partial charge in [-0.1, -0.05) is 30.3 Å². The quantitative estimate of drug-likeness (QED) is 0.858. The summed E-state index contributed by atoms with van der Waals surface area (Å²) in [4.78, 5) is 25.4. The number of benzene rings is 1. The van der Waals surface area contributed by atoms with E-state index in [2.05, 4.69) is 10.2 Å². The molecule has 2 N–H and O–H groups in total. The number of carbonyl (C=O) groups excluding carboxylic acids is 1. The smallest absolute Gasteiger partial charge is 0.312 e. The number of rotatable bonds is 5. The summed E-state index contributed by atoms with van der Waals surface area (Å²) in [7, 11) is 1.64. The Kier molecular flexibility index (Phi) is 5.33. The van der Waals surface area contributed by atoms with Crippen molar-refractivity contribution in [2.24, 2.45) is 5.92 Å². The van der Waals surface area contributed by atoms with Crippen molar-refractivity contribution >= 4 is 11.9 Å². The monoisotopic (exact) mass is 290 g/mol. The topological polar surface area (TPSA) is 69.6 Å². The highest BCUT2D eigenvalue weighted by Gasteiger charge is 2.29. The van der Waals surface area contributed by atoms with Crippen molar-refractivity contribution in [2.75, 3.05) is 26.7 Å². The van der Waals surface area contributed by atoms with Crippen molar-refractivity contribution in [3.05, 3.63) is 35.9 Å². The van der Waals surface area contributed by atoms with E-state index in [-0.39, 0.29) is 11.8 Å². The Balaban J connectivity index is 2.04. The van der Waals surface area contributed by atoms with E-state index in [1.165, 1.54) is 0 Å². The van der Waals surface area contributed by atoms with Crippen LogP contribution in [0.4, 0.5) is 0 Å². The molecule has 2 atom stereocenters. The number of carboxylic acids is 1. The number of nitrogens with one attached hydrogen (secondary N) is 1. The normalized spacial score (nSPS) is 20.7. The predicted molar refractivity (Wildman–Crippen MR) is 80.0 cm³/mol. The Hall–Kier alpha value is -1.88. The first-order valence-corrected chi connectivity index (χ1v) is 7.33. The molecule has 1 saturated heterocycles. The van der Waals surface area contributed by atoms with Crippen LogP contribution in [-0.4, -0.2) is 48.6 Å². The van der Waals surface area contributed by atoms with Crippen LogP contribution in [-0.2, 0) is 9.59 Å². The maximum absolute atomic E-state index is 11.7. The molecule has 0 aliphatic carbocycles. The first-order valence-electron chi connectivity index (χ1n) is 7.33. The van der Waals surface area contributed by atoms with E-state index in [4.69, 9.17) is 0 Å². The zero-order valence-electron chi connectivity index (χ0n) is 12.3. The molecule has 1 aliphatic rings. The maximum atomic E-state index is 11.7. The number of likely N-dealkylation sites (tertiary alicyclic amines) is 1. The second-order valence-electron chi connectivity index (χ2n) is 5.51. The summed E-state index contributed by atoms with van der Waals surface area (Å²) in [5.74, 6) is -1.35. The molecule has 2 rings (SSSR count). The van der Waals surface area contributed by atoms with Crippen LogP contribution in [0.5, 0.6) is 0 Å². The number of carboxylic acid groups (broad SMARTS) is 1. The van der Waals surface area contributed by atoms with E-state index in [9.17, 15) is 14.7 Å². The van der Waals surface area contributed by atoms with Gasteiger partial charge in [-0.3, -0.25) is 9.59 Å². The van der Waals surface area contributed by atoms with Crippen LogP contribution in [0.25, 0.3) is 0 Å². The highest BCUT2D eigenvalue weighted by Crippen LogP contribution is 2.22. The minimum Gasteiger partial charge on any atom is -0.481 e. The Morgan fingerprint density at radius 3 is 2.71 bits per heavy atom. The van der Waals surface area contributed by atoms with Gasteiger partial charge in [-0.05, 0) is 24.9 Å². The molecule has 1 aromatic carbocycles. The van der Waals surface area contributed by atoms with Crippen molar-refractivity contribution in [3.63, 3.8) is 0 Å². The van der Waals surface area contributed by atoms with Gasteiger partial charge in [0.05, 0.1) is 11.8 Å². The molecule has 5 heteroatoms. The number of hydrogen-bond donors (Lipinski definition) is 2. The molecular formula is C16H22N2O3. The molecule has 0 spiro atoms. The number of carbonyl (C=O) groups is 2. The first kappa shape index (κ1) is 15.5. The summed E-state index contributed by atoms with van der Waals surface area (Å²) in [5, 5.41) is 12.2. The van der Waals surface area contributed by atoms with E-state index in [0.29, 0.717) is 13.1 Å². The fourth-order valence-corrected chi connectivity index (χ4v) is 2.91. The predicted octanol–water partition coefficient (Wildman–Crippen LogP) is 1.31. The summed E-state index contributed by atoms with van der Waals surface area (Å²) in [6.45, 7) is 1.94. The fourth-order valence-electron chi connectivity index (χ4n) is 2.91. The summed E-state index contributed by atoms with van der Waals surface area (Å²) in [5.41, 5.74) is 0.812. The zero-order chi connectivity index (χ0) is 15.2. The van der Waals surface area contributed by atoms with Crippen LogP contribution in [0.3, 0.4) is 0 Å². The lowest BCUT2D eigenvalue weighted by molar-refractivity contribution is -0.139. The number of amides is 1. The molecule has 1 aromatic rings. The third-order valence-electron chi connectivity index (χ3n) is 4.06. The highest BCUT2D eigenvalue weighted by molar-refractivity contribution is 5.78. The standard InChI is InChI=1S/C16H22N2O3/c1-17-15(19)13-8-5-9-18(10-13)11-14(16(20)21)12-6-3-2-4-7-12/h2-4,6-7,13-14H,5,8-11H2,1H3,(H,17,19)(H,20,21). The third-order valence-corrected chi connectivity index (χ3v) is 4.06. The van der Waals surface area contributed by atoms with Crippen LogP contribution in [0.2, 0.25) is 0 Å². The molecule has 1 amide bonds. The molecule has 0 bridgehead atoms. The number of aliphatic carboxylic acids is 1. The van der Waals surface area contributed by atoms with E-state index in [0.717, 1.165) is 24.9 Å². The van der Waals surface area contributed by atoms with E-state index in [1.54, 1.807) is 7.05 Å². The van der Waals surface area contributed by atoms with Crippen LogP contribution >= 0.6 is 0 Å². The van der Waals surface area contributed by atoms with Crippen LogP contribution in [0.15, 0.2) is 30.3 Å². The summed E-state index contributed by atoms with van der Waals surface area (Å²) >= 11 is 0. The van der Waals surface area contributed by atoms with Crippen LogP contribution < -0.4 is 5.32 Å². The second kappa shape index (κ2) is 7.22. The second-order valence-corrected chi connectivity index (χ2v) is 5.51. The molecule has 21 heavy (non-hydrogen) atoms. The van der Waals surface area contributed by atoms with Crippen LogP contribution in [0, 0.1) is 5.92 Å². The lowest BCUT2D eigenvalue weighted by atomic mass is 9.94. The lowest BCUT2D eigenvalue weighted by Gasteiger charge is -2.33. The molecule has 1 heterocycles. The van der Waals surface area contributed by atoms with Gasteiger partial charge in [-0.25, -0.2) is 0 Å². The molecule has 1 aliphatic heterocycles. The molecule has 0 saturated carbocycles. The maximum Gasteiger partial charge on any atom is 0.312 e. The van der Waals surface area contributed by atoms with Gasteiger partial charge in [0, 0.05) is 20.1 Å². The van der Waals surface area contributed by atoms with Crippen molar-refractivity contribution in [1.29, 1.82) is 0 Å². The van der Waals surface area contributed by atoms with Crippen molar-refractivity contribution in [3.8, 4) is 0 Å². The minimum absolute atomic E-state index is 0.0334. The van der Waals surface area contributed by atoms with E-state index in [1.807, 2.05) is 30.3 Å².